The number of hydrogen-bond acceptors (Lipinski definition) is 3. The fourth-order valence-electron chi connectivity index (χ4n) is 1.73. The van der Waals surface area contributed by atoms with Crippen LogP contribution in [0.15, 0.2) is 24.3 Å². The first-order valence-electron chi connectivity index (χ1n) is 6.77. The van der Waals surface area contributed by atoms with E-state index in [4.69, 9.17) is 16.3 Å². The van der Waals surface area contributed by atoms with Crippen molar-refractivity contribution in [1.29, 1.82) is 0 Å². The molecule has 1 aromatic rings. The van der Waals surface area contributed by atoms with E-state index in [2.05, 4.69) is 4.72 Å². The van der Waals surface area contributed by atoms with Crippen molar-refractivity contribution in [2.45, 2.75) is 32.9 Å². The van der Waals surface area contributed by atoms with E-state index in [1.54, 1.807) is 0 Å². The third-order valence-electron chi connectivity index (χ3n) is 2.86. The first-order valence-corrected chi connectivity index (χ1v) is 8.95. The lowest BCUT2D eigenvalue weighted by Crippen LogP contribution is -2.26. The Labute approximate surface area is 126 Å². The summed E-state index contributed by atoms with van der Waals surface area (Å²) in [5, 5.41) is 0. The van der Waals surface area contributed by atoms with Gasteiger partial charge in [0, 0.05) is 19.0 Å². The fourth-order valence-corrected chi connectivity index (χ4v) is 3.02. The maximum atomic E-state index is 11.8. The maximum absolute atomic E-state index is 11.8. The third-order valence-corrected chi connectivity index (χ3v) is 4.54. The molecule has 0 aliphatic carbocycles. The molecule has 0 aliphatic rings. The lowest BCUT2D eigenvalue weighted by Gasteiger charge is -2.11. The average Bonchev–Trinajstić information content (AvgIpc) is 2.44. The average molecular weight is 320 g/mol. The Balaban J connectivity index is 2.56. The van der Waals surface area contributed by atoms with E-state index < -0.39 is 10.0 Å². The Bertz CT molecular complexity index is 491. The minimum atomic E-state index is -3.24. The van der Waals surface area contributed by atoms with Gasteiger partial charge in [-0.3, -0.25) is 0 Å². The number of hydrogen-bond donors (Lipinski definition) is 1. The van der Waals surface area contributed by atoms with Gasteiger partial charge < -0.3 is 4.74 Å². The quantitative estimate of drug-likeness (QED) is 0.533. The summed E-state index contributed by atoms with van der Waals surface area (Å²) in [4.78, 5) is 0. The van der Waals surface area contributed by atoms with Crippen molar-refractivity contribution in [3.63, 3.8) is 0 Å². The number of nitrogens with one attached hydrogen (secondary N) is 1. The molecule has 0 amide bonds. The number of alkyl halides is 1. The summed E-state index contributed by atoms with van der Waals surface area (Å²) in [7, 11) is -3.24. The van der Waals surface area contributed by atoms with E-state index in [1.165, 1.54) is 0 Å². The van der Waals surface area contributed by atoms with Gasteiger partial charge in [0.25, 0.3) is 0 Å². The molecule has 0 aromatic heterocycles. The van der Waals surface area contributed by atoms with E-state index >= 15 is 0 Å². The second-order valence-corrected chi connectivity index (χ2v) is 6.75. The Kier molecular flexibility index (Phi) is 8.14. The van der Waals surface area contributed by atoms with Crippen LogP contribution in [0.25, 0.3) is 0 Å². The zero-order valence-electron chi connectivity index (χ0n) is 11.8. The highest BCUT2D eigenvalue weighted by molar-refractivity contribution is 7.89. The highest BCUT2D eigenvalue weighted by Gasteiger charge is 2.10. The summed E-state index contributed by atoms with van der Waals surface area (Å²) in [5.74, 6) is 0.611. The van der Waals surface area contributed by atoms with Crippen LogP contribution in [0.2, 0.25) is 0 Å². The Morgan fingerprint density at radius 3 is 2.55 bits per heavy atom. The van der Waals surface area contributed by atoms with Gasteiger partial charge in [-0.1, -0.05) is 24.3 Å². The predicted molar refractivity (Wildman–Crippen MR) is 82.4 cm³/mol. The Morgan fingerprint density at radius 2 is 1.90 bits per heavy atom. The molecule has 20 heavy (non-hydrogen) atoms. The van der Waals surface area contributed by atoms with E-state index in [9.17, 15) is 8.42 Å². The highest BCUT2D eigenvalue weighted by atomic mass is 35.5. The second-order valence-electron chi connectivity index (χ2n) is 4.44. The van der Waals surface area contributed by atoms with E-state index in [-0.39, 0.29) is 5.75 Å². The molecule has 1 rings (SSSR count). The normalized spacial score (nSPS) is 11.7. The van der Waals surface area contributed by atoms with E-state index in [1.807, 2.05) is 31.2 Å². The second kappa shape index (κ2) is 9.34. The topological polar surface area (TPSA) is 55.4 Å². The van der Waals surface area contributed by atoms with Crippen molar-refractivity contribution in [3.05, 3.63) is 35.4 Å². The van der Waals surface area contributed by atoms with Gasteiger partial charge in [-0.15, -0.1) is 11.6 Å². The van der Waals surface area contributed by atoms with Crippen molar-refractivity contribution < 1.29 is 13.2 Å². The molecule has 4 nitrogen and oxygen atoms in total. The number of sulfonamides is 1. The molecule has 0 bridgehead atoms. The summed E-state index contributed by atoms with van der Waals surface area (Å²) in [6, 6.07) is 7.68. The molecule has 0 spiro atoms. The first-order chi connectivity index (χ1) is 9.59. The molecule has 1 aromatic carbocycles. The van der Waals surface area contributed by atoms with Crippen LogP contribution >= 0.6 is 11.6 Å². The smallest absolute Gasteiger partial charge is 0.211 e. The van der Waals surface area contributed by atoms with Gasteiger partial charge in [-0.2, -0.15) is 0 Å². The van der Waals surface area contributed by atoms with Crippen LogP contribution in [0.1, 0.15) is 30.9 Å². The monoisotopic (exact) mass is 319 g/mol. The fraction of sp³-hybridized carbons (Fsp3) is 0.571. The number of benzene rings is 1. The summed E-state index contributed by atoms with van der Waals surface area (Å²) in [6.07, 6.45) is 1.29. The standard InChI is InChI=1S/C14H22ClNO3S/c1-2-19-12-14-8-4-3-7-13(14)11-16-20(17,18)10-6-5-9-15/h3-4,7-8,16H,2,5-6,9-12H2,1H3. The highest BCUT2D eigenvalue weighted by Crippen LogP contribution is 2.10. The molecule has 0 unspecified atom stereocenters. The van der Waals surface area contributed by atoms with Gasteiger partial charge in [0.05, 0.1) is 12.4 Å². The van der Waals surface area contributed by atoms with Crippen molar-refractivity contribution >= 4 is 21.6 Å². The van der Waals surface area contributed by atoms with E-state index in [0.29, 0.717) is 38.5 Å². The van der Waals surface area contributed by atoms with Crippen LogP contribution in [-0.2, 0) is 27.9 Å². The molecule has 0 radical (unpaired) electrons. The molecule has 6 heteroatoms. The lowest BCUT2D eigenvalue weighted by atomic mass is 10.1. The molecule has 114 valence electrons. The number of unbranched alkanes of at least 4 members (excludes halogenated alkanes) is 1. The van der Waals surface area contributed by atoms with Crippen molar-refractivity contribution in [3.8, 4) is 0 Å². The summed E-state index contributed by atoms with van der Waals surface area (Å²) in [6.45, 7) is 3.37. The molecule has 0 saturated heterocycles. The van der Waals surface area contributed by atoms with Gasteiger partial charge in [0.15, 0.2) is 0 Å². The van der Waals surface area contributed by atoms with Crippen LogP contribution in [0.4, 0.5) is 0 Å². The molecule has 0 fully saturated rings. The zero-order chi connectivity index (χ0) is 14.8. The molecule has 0 aliphatic heterocycles. The Hall–Kier alpha value is -0.620. The van der Waals surface area contributed by atoms with Gasteiger partial charge in [-0.05, 0) is 30.9 Å². The minimum absolute atomic E-state index is 0.118. The molecule has 0 saturated carbocycles. The van der Waals surface area contributed by atoms with Crippen LogP contribution < -0.4 is 4.72 Å². The lowest BCUT2D eigenvalue weighted by molar-refractivity contribution is 0.133. The molecule has 0 heterocycles. The predicted octanol–water partition coefficient (Wildman–Crippen LogP) is 2.66. The summed E-state index contributed by atoms with van der Waals surface area (Å²) < 4.78 is 31.6. The van der Waals surface area contributed by atoms with Gasteiger partial charge in [0.1, 0.15) is 0 Å². The van der Waals surface area contributed by atoms with Crippen molar-refractivity contribution in [2.75, 3.05) is 18.2 Å². The van der Waals surface area contributed by atoms with Gasteiger partial charge in [0.2, 0.25) is 10.0 Å². The van der Waals surface area contributed by atoms with Crippen LogP contribution in [0.3, 0.4) is 0 Å². The summed E-state index contributed by atoms with van der Waals surface area (Å²) in [5.41, 5.74) is 1.96. The van der Waals surface area contributed by atoms with Crippen LogP contribution in [0, 0.1) is 0 Å². The minimum Gasteiger partial charge on any atom is -0.377 e. The third kappa shape index (κ3) is 6.70. The zero-order valence-corrected chi connectivity index (χ0v) is 13.3. The number of rotatable bonds is 10. The first kappa shape index (κ1) is 17.4. The van der Waals surface area contributed by atoms with Crippen LogP contribution in [-0.4, -0.2) is 26.7 Å². The molecule has 1 N–H and O–H groups in total. The number of halogens is 1. The Morgan fingerprint density at radius 1 is 1.20 bits per heavy atom. The van der Waals surface area contributed by atoms with Crippen molar-refractivity contribution in [2.24, 2.45) is 0 Å². The molecular weight excluding hydrogens is 298 g/mol. The van der Waals surface area contributed by atoms with Crippen molar-refractivity contribution in [1.82, 2.24) is 4.72 Å². The van der Waals surface area contributed by atoms with Gasteiger partial charge >= 0.3 is 0 Å². The van der Waals surface area contributed by atoms with Gasteiger partial charge in [-0.25, -0.2) is 13.1 Å². The SMILES string of the molecule is CCOCc1ccccc1CNS(=O)(=O)CCCCCl. The maximum Gasteiger partial charge on any atom is 0.211 e. The summed E-state index contributed by atoms with van der Waals surface area (Å²) >= 11 is 5.54. The van der Waals surface area contributed by atoms with Crippen LogP contribution in [0.5, 0.6) is 0 Å². The molecule has 0 atom stereocenters. The van der Waals surface area contributed by atoms with E-state index in [0.717, 1.165) is 11.1 Å². The number of ether oxygens (including phenoxy) is 1. The largest absolute Gasteiger partial charge is 0.377 e. The molecular formula is C14H22ClNO3S.